The Labute approximate surface area is 80.3 Å². The lowest BCUT2D eigenvalue weighted by atomic mass is 10.5. The third kappa shape index (κ3) is 1.60. The Morgan fingerprint density at radius 2 is 2.38 bits per heavy atom. The Hall–Kier alpha value is -1.23. The van der Waals surface area contributed by atoms with Gasteiger partial charge >= 0.3 is 0 Å². The quantitative estimate of drug-likeness (QED) is 0.729. The monoisotopic (exact) mass is 194 g/mol. The highest BCUT2D eigenvalue weighted by atomic mass is 32.1. The van der Waals surface area contributed by atoms with Crippen molar-refractivity contribution in [1.29, 1.82) is 0 Å². The lowest BCUT2D eigenvalue weighted by Gasteiger charge is -1.91. The molecule has 2 aromatic rings. The van der Waals surface area contributed by atoms with Gasteiger partial charge < -0.3 is 0 Å². The van der Waals surface area contributed by atoms with Crippen molar-refractivity contribution in [3.05, 3.63) is 22.5 Å². The van der Waals surface area contributed by atoms with Crippen LogP contribution in [0.25, 0.3) is 5.82 Å². The van der Waals surface area contributed by atoms with Gasteiger partial charge in [0, 0.05) is 5.38 Å². The van der Waals surface area contributed by atoms with E-state index >= 15 is 0 Å². The zero-order valence-corrected chi connectivity index (χ0v) is 8.38. The van der Waals surface area contributed by atoms with Crippen LogP contribution in [0, 0.1) is 6.92 Å². The van der Waals surface area contributed by atoms with Gasteiger partial charge in [-0.05, 0) is 13.3 Å². The molecule has 4 nitrogen and oxygen atoms in total. The smallest absolute Gasteiger partial charge is 0.166 e. The summed E-state index contributed by atoms with van der Waals surface area (Å²) in [5.74, 6) is 1.63. The van der Waals surface area contributed by atoms with Crippen molar-refractivity contribution < 1.29 is 0 Å². The first-order chi connectivity index (χ1) is 6.29. The average molecular weight is 194 g/mol. The molecule has 0 spiro atoms. The average Bonchev–Trinajstić information content (AvgIpc) is 2.71. The summed E-state index contributed by atoms with van der Waals surface area (Å²) in [5.41, 5.74) is 0. The molecule has 0 fully saturated rings. The Morgan fingerprint density at radius 3 is 2.92 bits per heavy atom. The van der Waals surface area contributed by atoms with Crippen LogP contribution in [0.1, 0.15) is 17.8 Å². The minimum atomic E-state index is 0.769. The summed E-state index contributed by atoms with van der Waals surface area (Å²) in [6.45, 7) is 3.96. The van der Waals surface area contributed by atoms with Crippen molar-refractivity contribution in [2.45, 2.75) is 20.3 Å². The molecule has 0 aliphatic heterocycles. The molecule has 0 N–H and O–H groups in total. The van der Waals surface area contributed by atoms with E-state index in [-0.39, 0.29) is 0 Å². The van der Waals surface area contributed by atoms with Gasteiger partial charge in [0.05, 0.1) is 5.01 Å². The predicted molar refractivity (Wildman–Crippen MR) is 51.1 cm³/mol. The zero-order chi connectivity index (χ0) is 9.26. The van der Waals surface area contributed by atoms with E-state index in [0.29, 0.717) is 0 Å². The zero-order valence-electron chi connectivity index (χ0n) is 7.56. The first-order valence-corrected chi connectivity index (χ1v) is 5.00. The lowest BCUT2D eigenvalue weighted by molar-refractivity contribution is 0.832. The van der Waals surface area contributed by atoms with Crippen LogP contribution in [0.5, 0.6) is 0 Å². The first-order valence-electron chi connectivity index (χ1n) is 4.12. The molecule has 0 aliphatic carbocycles. The van der Waals surface area contributed by atoms with Crippen molar-refractivity contribution in [2.75, 3.05) is 0 Å². The predicted octanol–water partition coefficient (Wildman–Crippen LogP) is 1.59. The van der Waals surface area contributed by atoms with E-state index in [1.54, 1.807) is 22.3 Å². The van der Waals surface area contributed by atoms with Gasteiger partial charge in [-0.1, -0.05) is 6.92 Å². The summed E-state index contributed by atoms with van der Waals surface area (Å²) in [6.07, 6.45) is 2.65. The molecule has 0 atom stereocenters. The molecular formula is C8H10N4S. The lowest BCUT2D eigenvalue weighted by Crippen LogP contribution is -1.95. The van der Waals surface area contributed by atoms with E-state index in [0.717, 1.165) is 23.1 Å². The van der Waals surface area contributed by atoms with E-state index < -0.39 is 0 Å². The summed E-state index contributed by atoms with van der Waals surface area (Å²) < 4.78 is 1.70. The molecule has 0 bridgehead atoms. The van der Waals surface area contributed by atoms with Gasteiger partial charge in [-0.3, -0.25) is 0 Å². The molecule has 0 radical (unpaired) electrons. The highest BCUT2D eigenvalue weighted by molar-refractivity contribution is 7.09. The molecule has 68 valence electrons. The molecule has 0 unspecified atom stereocenters. The summed E-state index contributed by atoms with van der Waals surface area (Å²) in [7, 11) is 0. The maximum absolute atomic E-state index is 4.39. The molecule has 13 heavy (non-hydrogen) atoms. The highest BCUT2D eigenvalue weighted by Crippen LogP contribution is 2.12. The third-order valence-corrected chi connectivity index (χ3v) is 2.66. The largest absolute Gasteiger partial charge is 0.222 e. The number of nitrogens with zero attached hydrogens (tertiary/aromatic N) is 4. The van der Waals surface area contributed by atoms with Crippen LogP contribution >= 0.6 is 11.3 Å². The van der Waals surface area contributed by atoms with E-state index in [4.69, 9.17) is 0 Å². The summed E-state index contributed by atoms with van der Waals surface area (Å²) in [4.78, 5) is 8.44. The fourth-order valence-electron chi connectivity index (χ4n) is 1.02. The number of rotatable bonds is 2. The van der Waals surface area contributed by atoms with E-state index in [9.17, 15) is 0 Å². The standard InChI is InChI=1S/C8H10N4S/c1-3-8-10-7(4-13-8)12-5-9-6(2)11-12/h4-5H,3H2,1-2H3. The van der Waals surface area contributed by atoms with Crippen molar-refractivity contribution in [2.24, 2.45) is 0 Å². The Kier molecular flexibility index (Phi) is 2.10. The molecule has 0 saturated heterocycles. The minimum Gasteiger partial charge on any atom is -0.222 e. The molecule has 0 saturated carbocycles. The maximum Gasteiger partial charge on any atom is 0.166 e. The second-order valence-corrected chi connectivity index (χ2v) is 3.63. The van der Waals surface area contributed by atoms with Crippen LogP contribution in [0.2, 0.25) is 0 Å². The van der Waals surface area contributed by atoms with Crippen LogP contribution in [0.4, 0.5) is 0 Å². The summed E-state index contributed by atoms with van der Waals surface area (Å²) >= 11 is 1.65. The molecule has 0 aromatic carbocycles. The van der Waals surface area contributed by atoms with Gasteiger partial charge in [-0.15, -0.1) is 11.3 Å². The Balaban J connectivity index is 2.35. The van der Waals surface area contributed by atoms with Crippen LogP contribution < -0.4 is 0 Å². The van der Waals surface area contributed by atoms with Crippen molar-refractivity contribution in [3.63, 3.8) is 0 Å². The third-order valence-electron chi connectivity index (χ3n) is 1.68. The van der Waals surface area contributed by atoms with E-state index in [1.807, 2.05) is 12.3 Å². The van der Waals surface area contributed by atoms with Crippen molar-refractivity contribution in [1.82, 2.24) is 19.7 Å². The summed E-state index contributed by atoms with van der Waals surface area (Å²) in [6, 6.07) is 0. The van der Waals surface area contributed by atoms with Gasteiger partial charge in [-0.2, -0.15) is 5.10 Å². The molecule has 2 aromatic heterocycles. The van der Waals surface area contributed by atoms with Crippen molar-refractivity contribution in [3.8, 4) is 5.82 Å². The van der Waals surface area contributed by atoms with Gasteiger partial charge in [0.1, 0.15) is 12.2 Å². The normalized spacial score (nSPS) is 10.6. The first kappa shape index (κ1) is 8.37. The van der Waals surface area contributed by atoms with Crippen LogP contribution in [-0.4, -0.2) is 19.7 Å². The number of aromatic nitrogens is 4. The Morgan fingerprint density at radius 1 is 1.54 bits per heavy atom. The van der Waals surface area contributed by atoms with Crippen LogP contribution in [0.3, 0.4) is 0 Å². The summed E-state index contributed by atoms with van der Waals surface area (Å²) in [5, 5.41) is 7.30. The minimum absolute atomic E-state index is 0.769. The molecule has 2 rings (SSSR count). The van der Waals surface area contributed by atoms with Gasteiger partial charge in [0.25, 0.3) is 0 Å². The maximum atomic E-state index is 4.39. The molecule has 2 heterocycles. The fraction of sp³-hybridized carbons (Fsp3) is 0.375. The molecule has 5 heteroatoms. The van der Waals surface area contributed by atoms with E-state index in [1.165, 1.54) is 0 Å². The van der Waals surface area contributed by atoms with Gasteiger partial charge in [-0.25, -0.2) is 14.6 Å². The van der Waals surface area contributed by atoms with E-state index in [2.05, 4.69) is 22.0 Å². The molecule has 0 aliphatic rings. The SMILES string of the molecule is CCc1nc(-n2cnc(C)n2)cs1. The number of hydrogen-bond donors (Lipinski definition) is 0. The topological polar surface area (TPSA) is 43.6 Å². The second-order valence-electron chi connectivity index (χ2n) is 2.69. The van der Waals surface area contributed by atoms with Gasteiger partial charge in [0.15, 0.2) is 5.82 Å². The van der Waals surface area contributed by atoms with Gasteiger partial charge in [0.2, 0.25) is 0 Å². The second kappa shape index (κ2) is 3.26. The highest BCUT2D eigenvalue weighted by Gasteiger charge is 2.03. The van der Waals surface area contributed by atoms with Crippen LogP contribution in [0.15, 0.2) is 11.7 Å². The number of hydrogen-bond acceptors (Lipinski definition) is 4. The number of thiazole rings is 1. The fourth-order valence-corrected chi connectivity index (χ4v) is 1.74. The van der Waals surface area contributed by atoms with Crippen molar-refractivity contribution >= 4 is 11.3 Å². The number of aryl methyl sites for hydroxylation is 2. The molecule has 0 amide bonds. The van der Waals surface area contributed by atoms with Crippen LogP contribution in [-0.2, 0) is 6.42 Å². The molecular weight excluding hydrogens is 184 g/mol. The Bertz CT molecular complexity index is 404.